The number of nitro groups is 1. The SMILES string of the molecule is CC(C)(C)OC(=O)CC(C(=O)OC(C)(C)C)/C(=C\c1cccc(OCc2ccccc2)c1OCCCCOc1cc([N+](=O)[O-])ccc1C(=O)OCc1ccccc1)C(N)=O. The van der Waals surface area contributed by atoms with E-state index in [1.54, 1.807) is 71.9 Å². The average Bonchev–Trinajstić information content (AvgIpc) is 3.18. The number of hydrogen-bond acceptors (Lipinski definition) is 12. The number of hydrogen-bond donors (Lipinski definition) is 1. The second-order valence-electron chi connectivity index (χ2n) is 15.7. The number of ether oxygens (including phenoxy) is 6. The first kappa shape index (κ1) is 46.0. The second kappa shape index (κ2) is 21.3. The lowest BCUT2D eigenvalue weighted by Gasteiger charge is -2.26. The van der Waals surface area contributed by atoms with Crippen molar-refractivity contribution in [1.29, 1.82) is 0 Å². The van der Waals surface area contributed by atoms with Crippen LogP contribution in [0, 0.1) is 16.0 Å². The number of nitro benzene ring substituents is 1. The number of carbonyl (C=O) groups excluding carboxylic acids is 4. The Morgan fingerprint density at radius 2 is 1.32 bits per heavy atom. The summed E-state index contributed by atoms with van der Waals surface area (Å²) in [6, 6.07) is 27.2. The third-order valence-electron chi connectivity index (χ3n) is 8.35. The Hall–Kier alpha value is -6.70. The van der Waals surface area contributed by atoms with E-state index in [1.807, 2.05) is 48.5 Å². The molecule has 4 rings (SSSR count). The van der Waals surface area contributed by atoms with Gasteiger partial charge in [0.1, 0.15) is 35.7 Å². The molecule has 0 aliphatic rings. The fourth-order valence-electron chi connectivity index (χ4n) is 5.68. The minimum Gasteiger partial charge on any atom is -0.492 e. The van der Waals surface area contributed by atoms with Crippen molar-refractivity contribution in [1.82, 2.24) is 0 Å². The number of amides is 1. The maximum atomic E-state index is 13.6. The van der Waals surface area contributed by atoms with Gasteiger partial charge in [-0.25, -0.2) is 4.79 Å². The molecule has 14 heteroatoms. The highest BCUT2D eigenvalue weighted by atomic mass is 16.6. The van der Waals surface area contributed by atoms with Crippen molar-refractivity contribution < 1.29 is 52.5 Å². The van der Waals surface area contributed by atoms with E-state index in [9.17, 15) is 29.3 Å². The smallest absolute Gasteiger partial charge is 0.342 e. The number of para-hydroxylation sites is 1. The first-order chi connectivity index (χ1) is 28.4. The normalized spacial score (nSPS) is 12.1. The number of primary amides is 1. The van der Waals surface area contributed by atoms with Gasteiger partial charge in [-0.1, -0.05) is 72.8 Å². The molecular weight excluding hydrogens is 773 g/mol. The van der Waals surface area contributed by atoms with Crippen LogP contribution in [0.15, 0.2) is 103 Å². The standard InChI is InChI=1S/C46H52N2O12/c1-45(2,3)59-40(49)28-37(44(52)60-46(4,5)6)36(42(47)50)26-33-20-15-21-38(57-29-31-16-9-7-10-17-31)41(33)56-25-14-13-24-55-39-27-34(48(53)54)22-23-35(39)43(51)58-30-32-18-11-8-12-19-32/h7-12,15-23,26-27,37H,13-14,24-25,28-30H2,1-6H3,(H2,47,50)/b36-26+. The third kappa shape index (κ3) is 14.9. The van der Waals surface area contributed by atoms with E-state index in [0.29, 0.717) is 24.2 Å². The average molecular weight is 825 g/mol. The maximum Gasteiger partial charge on any atom is 0.342 e. The predicted octanol–water partition coefficient (Wildman–Crippen LogP) is 8.33. The quantitative estimate of drug-likeness (QED) is 0.0224. The van der Waals surface area contributed by atoms with Gasteiger partial charge in [-0.15, -0.1) is 0 Å². The number of nitrogens with zero attached hydrogens (tertiary/aromatic N) is 1. The highest BCUT2D eigenvalue weighted by molar-refractivity contribution is 6.03. The lowest BCUT2D eigenvalue weighted by Crippen LogP contribution is -2.35. The van der Waals surface area contributed by atoms with E-state index in [-0.39, 0.29) is 54.8 Å². The molecule has 0 spiro atoms. The van der Waals surface area contributed by atoms with E-state index in [2.05, 4.69) is 0 Å². The summed E-state index contributed by atoms with van der Waals surface area (Å²) in [5, 5.41) is 11.5. The van der Waals surface area contributed by atoms with Crippen LogP contribution in [0.5, 0.6) is 17.2 Å². The van der Waals surface area contributed by atoms with Crippen LogP contribution in [-0.2, 0) is 41.8 Å². The Kier molecular flexibility index (Phi) is 16.4. The minimum atomic E-state index is -1.41. The molecule has 60 heavy (non-hydrogen) atoms. The lowest BCUT2D eigenvalue weighted by molar-refractivity contribution is -0.384. The molecule has 1 unspecified atom stereocenters. The molecule has 318 valence electrons. The molecule has 0 aromatic heterocycles. The van der Waals surface area contributed by atoms with Gasteiger partial charge in [-0.05, 0) is 83.7 Å². The van der Waals surface area contributed by atoms with E-state index < -0.39 is 52.3 Å². The topological polar surface area (TPSA) is 193 Å². The molecule has 0 saturated carbocycles. The molecular formula is C46H52N2O12. The van der Waals surface area contributed by atoms with E-state index in [4.69, 9.17) is 34.2 Å². The van der Waals surface area contributed by atoms with Gasteiger partial charge in [0.2, 0.25) is 5.91 Å². The Bertz CT molecular complexity index is 2140. The van der Waals surface area contributed by atoms with E-state index in [0.717, 1.165) is 11.1 Å². The number of rotatable bonds is 20. The number of unbranched alkanes of at least 4 members (excludes halogenated alkanes) is 1. The Labute approximate surface area is 349 Å². The first-order valence-corrected chi connectivity index (χ1v) is 19.4. The van der Waals surface area contributed by atoms with Gasteiger partial charge < -0.3 is 34.2 Å². The number of nitrogens with two attached hydrogens (primary N) is 1. The van der Waals surface area contributed by atoms with Gasteiger partial charge in [0, 0.05) is 17.2 Å². The molecule has 1 amide bonds. The van der Waals surface area contributed by atoms with Crippen LogP contribution in [0.1, 0.15) is 87.9 Å². The lowest BCUT2D eigenvalue weighted by atomic mass is 9.92. The third-order valence-corrected chi connectivity index (χ3v) is 8.35. The molecule has 14 nitrogen and oxygen atoms in total. The minimum absolute atomic E-state index is 0.000153. The number of non-ortho nitro benzene ring substituents is 1. The zero-order valence-corrected chi connectivity index (χ0v) is 34.8. The molecule has 0 saturated heterocycles. The summed E-state index contributed by atoms with van der Waals surface area (Å²) in [6.45, 7) is 10.4. The van der Waals surface area contributed by atoms with Crippen LogP contribution in [0.2, 0.25) is 0 Å². The van der Waals surface area contributed by atoms with Crippen LogP contribution >= 0.6 is 0 Å². The van der Waals surface area contributed by atoms with Crippen molar-refractivity contribution in [2.45, 2.75) is 85.2 Å². The van der Waals surface area contributed by atoms with Gasteiger partial charge in [0.25, 0.3) is 5.69 Å². The van der Waals surface area contributed by atoms with Gasteiger partial charge in [0.05, 0.1) is 36.5 Å². The van der Waals surface area contributed by atoms with Crippen molar-refractivity contribution in [3.8, 4) is 17.2 Å². The summed E-state index contributed by atoms with van der Waals surface area (Å²) >= 11 is 0. The van der Waals surface area contributed by atoms with Crippen LogP contribution in [0.25, 0.3) is 6.08 Å². The number of esters is 3. The van der Waals surface area contributed by atoms with Crippen molar-refractivity contribution in [3.05, 3.63) is 135 Å². The fraction of sp³-hybridized carbons (Fsp3) is 0.348. The van der Waals surface area contributed by atoms with Crippen LogP contribution in [-0.4, -0.2) is 53.2 Å². The molecule has 2 N–H and O–H groups in total. The Morgan fingerprint density at radius 1 is 0.717 bits per heavy atom. The molecule has 0 aliphatic heterocycles. The van der Waals surface area contributed by atoms with Crippen molar-refractivity contribution in [2.75, 3.05) is 13.2 Å². The number of benzene rings is 4. The van der Waals surface area contributed by atoms with Gasteiger partial charge in [-0.2, -0.15) is 0 Å². The molecule has 0 aliphatic carbocycles. The summed E-state index contributed by atoms with van der Waals surface area (Å²) in [5.74, 6) is -4.09. The van der Waals surface area contributed by atoms with Crippen molar-refractivity contribution >= 4 is 35.6 Å². The monoisotopic (exact) mass is 824 g/mol. The highest BCUT2D eigenvalue weighted by Crippen LogP contribution is 2.36. The largest absolute Gasteiger partial charge is 0.492 e. The molecule has 1 atom stereocenters. The Balaban J connectivity index is 1.57. The van der Waals surface area contributed by atoms with Gasteiger partial charge >= 0.3 is 17.9 Å². The Morgan fingerprint density at radius 3 is 1.90 bits per heavy atom. The zero-order valence-electron chi connectivity index (χ0n) is 34.8. The van der Waals surface area contributed by atoms with Crippen molar-refractivity contribution in [3.63, 3.8) is 0 Å². The summed E-state index contributed by atoms with van der Waals surface area (Å²) in [5.41, 5.74) is 5.65. The number of carbonyl (C=O) groups is 4. The molecule has 0 fully saturated rings. The van der Waals surface area contributed by atoms with Crippen LogP contribution in [0.4, 0.5) is 5.69 Å². The molecule has 4 aromatic carbocycles. The summed E-state index contributed by atoms with van der Waals surface area (Å²) in [6.07, 6.45) is 1.66. The van der Waals surface area contributed by atoms with Gasteiger partial charge in [-0.3, -0.25) is 24.5 Å². The first-order valence-electron chi connectivity index (χ1n) is 19.4. The van der Waals surface area contributed by atoms with E-state index in [1.165, 1.54) is 24.3 Å². The molecule has 0 bridgehead atoms. The molecule has 4 aromatic rings. The summed E-state index contributed by atoms with van der Waals surface area (Å²) < 4.78 is 34.9. The second-order valence-corrected chi connectivity index (χ2v) is 15.7. The summed E-state index contributed by atoms with van der Waals surface area (Å²) in [4.78, 5) is 63.7. The summed E-state index contributed by atoms with van der Waals surface area (Å²) in [7, 11) is 0. The van der Waals surface area contributed by atoms with Crippen LogP contribution in [0.3, 0.4) is 0 Å². The fourth-order valence-corrected chi connectivity index (χ4v) is 5.68. The maximum absolute atomic E-state index is 13.6. The zero-order chi connectivity index (χ0) is 43.9. The predicted molar refractivity (Wildman–Crippen MR) is 223 cm³/mol. The molecule has 0 radical (unpaired) electrons. The van der Waals surface area contributed by atoms with Gasteiger partial charge in [0.15, 0.2) is 11.5 Å². The van der Waals surface area contributed by atoms with Crippen LogP contribution < -0.4 is 19.9 Å². The van der Waals surface area contributed by atoms with Crippen molar-refractivity contribution in [2.24, 2.45) is 11.7 Å². The highest BCUT2D eigenvalue weighted by Gasteiger charge is 2.35. The van der Waals surface area contributed by atoms with E-state index >= 15 is 0 Å². The molecule has 0 heterocycles.